The van der Waals surface area contributed by atoms with Crippen LogP contribution in [0, 0.1) is 0 Å². The van der Waals surface area contributed by atoms with E-state index in [-0.39, 0.29) is 30.6 Å². The summed E-state index contributed by atoms with van der Waals surface area (Å²) in [6, 6.07) is -0.253. The van der Waals surface area contributed by atoms with Crippen LogP contribution in [0.2, 0.25) is 0 Å². The lowest BCUT2D eigenvalue weighted by atomic mass is 9.95. The van der Waals surface area contributed by atoms with Gasteiger partial charge >= 0.3 is 12.0 Å². The van der Waals surface area contributed by atoms with Crippen LogP contribution in [0.3, 0.4) is 0 Å². The summed E-state index contributed by atoms with van der Waals surface area (Å²) in [5, 5.41) is 11.7. The van der Waals surface area contributed by atoms with Crippen molar-refractivity contribution in [1.29, 1.82) is 0 Å². The van der Waals surface area contributed by atoms with Crippen LogP contribution in [0.25, 0.3) is 0 Å². The molecule has 0 aliphatic carbocycles. The van der Waals surface area contributed by atoms with Crippen molar-refractivity contribution >= 4 is 12.0 Å². The highest BCUT2D eigenvalue weighted by Gasteiger charge is 2.31. The summed E-state index contributed by atoms with van der Waals surface area (Å²) in [6.07, 6.45) is 1.76. The predicted molar refractivity (Wildman–Crippen MR) is 71.1 cm³/mol. The quantitative estimate of drug-likeness (QED) is 0.794. The first-order valence-corrected chi connectivity index (χ1v) is 6.72. The summed E-state index contributed by atoms with van der Waals surface area (Å²) in [5.74, 6) is -0.898. The fourth-order valence-electron chi connectivity index (χ4n) is 2.17. The average Bonchev–Trinajstić information content (AvgIpc) is 2.28. The third kappa shape index (κ3) is 5.06. The Hall–Kier alpha value is -1.30. The molecule has 1 saturated heterocycles. The van der Waals surface area contributed by atoms with Gasteiger partial charge in [0.1, 0.15) is 0 Å². The van der Waals surface area contributed by atoms with Gasteiger partial charge in [-0.2, -0.15) is 0 Å². The first kappa shape index (κ1) is 15.8. The fourth-order valence-corrected chi connectivity index (χ4v) is 2.17. The summed E-state index contributed by atoms with van der Waals surface area (Å²) in [7, 11) is 0. The molecule has 1 rings (SSSR count). The largest absolute Gasteiger partial charge is 0.481 e. The number of carbonyl (C=O) groups is 2. The van der Waals surface area contributed by atoms with E-state index >= 15 is 0 Å². The summed E-state index contributed by atoms with van der Waals surface area (Å²) in [5.41, 5.74) is -0.355. The fraction of sp³-hybridized carbons (Fsp3) is 0.846. The van der Waals surface area contributed by atoms with E-state index in [0.717, 1.165) is 19.4 Å². The van der Waals surface area contributed by atoms with Gasteiger partial charge in [0, 0.05) is 19.2 Å². The van der Waals surface area contributed by atoms with E-state index in [9.17, 15) is 9.59 Å². The van der Waals surface area contributed by atoms with Crippen molar-refractivity contribution in [1.82, 2.24) is 10.2 Å². The van der Waals surface area contributed by atoms with Crippen LogP contribution in [-0.4, -0.2) is 53.3 Å². The lowest BCUT2D eigenvalue weighted by Crippen LogP contribution is -2.57. The van der Waals surface area contributed by atoms with Crippen molar-refractivity contribution in [2.24, 2.45) is 0 Å². The van der Waals surface area contributed by atoms with Crippen LogP contribution in [0.5, 0.6) is 0 Å². The lowest BCUT2D eigenvalue weighted by molar-refractivity contribution is -0.137. The standard InChI is InChI=1S/C13H24N2O4/c1-10(2)15(7-5-11(16)17)12(18)14-13(3)6-4-8-19-9-13/h10H,4-9H2,1-3H3,(H,14,18)(H,16,17). The SMILES string of the molecule is CC(C)N(CCC(=O)O)C(=O)NC1(C)CCCOC1. The summed E-state index contributed by atoms with van der Waals surface area (Å²) in [6.45, 7) is 7.17. The highest BCUT2D eigenvalue weighted by Crippen LogP contribution is 2.19. The molecule has 1 aliphatic heterocycles. The Labute approximate surface area is 114 Å². The van der Waals surface area contributed by atoms with Gasteiger partial charge in [-0.25, -0.2) is 4.79 Å². The van der Waals surface area contributed by atoms with Crippen LogP contribution in [0.15, 0.2) is 0 Å². The maximum absolute atomic E-state index is 12.2. The zero-order valence-corrected chi connectivity index (χ0v) is 11.9. The zero-order chi connectivity index (χ0) is 14.5. The third-order valence-electron chi connectivity index (χ3n) is 3.30. The van der Waals surface area contributed by atoms with E-state index in [0.29, 0.717) is 6.61 Å². The number of carboxylic acids is 1. The average molecular weight is 272 g/mol. The van der Waals surface area contributed by atoms with Crippen molar-refractivity contribution in [3.05, 3.63) is 0 Å². The Morgan fingerprint density at radius 3 is 2.63 bits per heavy atom. The maximum atomic E-state index is 12.2. The second kappa shape index (κ2) is 6.75. The number of nitrogens with one attached hydrogen (secondary N) is 1. The van der Waals surface area contributed by atoms with E-state index in [4.69, 9.17) is 9.84 Å². The number of nitrogens with zero attached hydrogens (tertiary/aromatic N) is 1. The van der Waals surface area contributed by atoms with Gasteiger partial charge in [-0.05, 0) is 33.6 Å². The Morgan fingerprint density at radius 2 is 2.16 bits per heavy atom. The monoisotopic (exact) mass is 272 g/mol. The molecule has 0 aromatic carbocycles. The molecule has 1 unspecified atom stereocenters. The number of amides is 2. The van der Waals surface area contributed by atoms with E-state index < -0.39 is 5.97 Å². The molecule has 1 heterocycles. The van der Waals surface area contributed by atoms with Crippen molar-refractivity contribution in [3.8, 4) is 0 Å². The third-order valence-corrected chi connectivity index (χ3v) is 3.30. The van der Waals surface area contributed by atoms with Crippen molar-refractivity contribution in [3.63, 3.8) is 0 Å². The van der Waals surface area contributed by atoms with Crippen molar-refractivity contribution in [2.45, 2.75) is 51.6 Å². The number of rotatable bonds is 5. The molecule has 1 fully saturated rings. The molecule has 19 heavy (non-hydrogen) atoms. The van der Waals surface area contributed by atoms with Crippen LogP contribution < -0.4 is 5.32 Å². The van der Waals surface area contributed by atoms with E-state index in [2.05, 4.69) is 5.32 Å². The van der Waals surface area contributed by atoms with Gasteiger partial charge in [-0.1, -0.05) is 0 Å². The molecule has 1 atom stereocenters. The van der Waals surface area contributed by atoms with Gasteiger partial charge in [0.25, 0.3) is 0 Å². The molecule has 0 saturated carbocycles. The molecule has 0 aromatic heterocycles. The van der Waals surface area contributed by atoms with Gasteiger partial charge < -0.3 is 20.1 Å². The van der Waals surface area contributed by atoms with Crippen molar-refractivity contribution < 1.29 is 19.4 Å². The molecule has 0 radical (unpaired) electrons. The Morgan fingerprint density at radius 1 is 1.47 bits per heavy atom. The summed E-state index contributed by atoms with van der Waals surface area (Å²) >= 11 is 0. The highest BCUT2D eigenvalue weighted by molar-refractivity contribution is 5.76. The zero-order valence-electron chi connectivity index (χ0n) is 11.9. The minimum absolute atomic E-state index is 0.0348. The molecule has 0 spiro atoms. The lowest BCUT2D eigenvalue weighted by Gasteiger charge is -2.37. The second-order valence-corrected chi connectivity index (χ2v) is 5.58. The number of carbonyl (C=O) groups excluding carboxylic acids is 1. The van der Waals surface area contributed by atoms with Crippen LogP contribution >= 0.6 is 0 Å². The van der Waals surface area contributed by atoms with Crippen molar-refractivity contribution in [2.75, 3.05) is 19.8 Å². The van der Waals surface area contributed by atoms with Crippen LogP contribution in [0.1, 0.15) is 40.0 Å². The van der Waals surface area contributed by atoms with E-state index in [1.807, 2.05) is 20.8 Å². The molecular weight excluding hydrogens is 248 g/mol. The van der Waals surface area contributed by atoms with Gasteiger partial charge in [0.15, 0.2) is 0 Å². The Bertz CT molecular complexity index is 325. The topological polar surface area (TPSA) is 78.9 Å². The Balaban J connectivity index is 2.58. The molecule has 1 aliphatic rings. The molecule has 0 bridgehead atoms. The number of urea groups is 1. The predicted octanol–water partition coefficient (Wildman–Crippen LogP) is 1.45. The first-order chi connectivity index (χ1) is 8.84. The summed E-state index contributed by atoms with van der Waals surface area (Å²) < 4.78 is 5.40. The second-order valence-electron chi connectivity index (χ2n) is 5.58. The molecule has 6 heteroatoms. The number of carboxylic acid groups (broad SMARTS) is 1. The Kier molecular flexibility index (Phi) is 5.60. The normalized spacial score (nSPS) is 23.2. The van der Waals surface area contributed by atoms with Gasteiger partial charge in [-0.3, -0.25) is 4.79 Å². The van der Waals surface area contributed by atoms with Crippen LogP contribution in [0.4, 0.5) is 4.79 Å². The minimum Gasteiger partial charge on any atom is -0.481 e. The van der Waals surface area contributed by atoms with Gasteiger partial charge in [0.2, 0.25) is 0 Å². The van der Waals surface area contributed by atoms with E-state index in [1.54, 1.807) is 4.90 Å². The van der Waals surface area contributed by atoms with Gasteiger partial charge in [-0.15, -0.1) is 0 Å². The minimum atomic E-state index is -0.898. The van der Waals surface area contributed by atoms with Crippen LogP contribution in [-0.2, 0) is 9.53 Å². The summed E-state index contributed by atoms with van der Waals surface area (Å²) in [4.78, 5) is 24.4. The molecule has 2 N–H and O–H groups in total. The number of hydrogen-bond acceptors (Lipinski definition) is 3. The van der Waals surface area contributed by atoms with Gasteiger partial charge in [0.05, 0.1) is 18.6 Å². The molecule has 110 valence electrons. The number of aliphatic carboxylic acids is 1. The molecule has 6 nitrogen and oxygen atoms in total. The molecular formula is C13H24N2O4. The first-order valence-electron chi connectivity index (χ1n) is 6.72. The number of hydrogen-bond donors (Lipinski definition) is 2. The highest BCUT2D eigenvalue weighted by atomic mass is 16.5. The molecule has 0 aromatic rings. The smallest absolute Gasteiger partial charge is 0.318 e. The number of ether oxygens (including phenoxy) is 1. The molecule has 2 amide bonds. The van der Waals surface area contributed by atoms with E-state index in [1.165, 1.54) is 0 Å². The maximum Gasteiger partial charge on any atom is 0.318 e.